The molecule has 27 heavy (non-hydrogen) atoms. The topological polar surface area (TPSA) is 88.3 Å². The van der Waals surface area contributed by atoms with E-state index in [0.29, 0.717) is 29.6 Å². The molecule has 3 N–H and O–H groups in total. The van der Waals surface area contributed by atoms with Gasteiger partial charge in [-0.15, -0.1) is 0 Å². The molecule has 0 bridgehead atoms. The van der Waals surface area contributed by atoms with Crippen LogP contribution in [0.1, 0.15) is 24.4 Å². The van der Waals surface area contributed by atoms with E-state index in [1.807, 2.05) is 6.92 Å². The van der Waals surface area contributed by atoms with E-state index in [9.17, 15) is 13.9 Å². The summed E-state index contributed by atoms with van der Waals surface area (Å²) in [5.74, 6) is 1.38. The van der Waals surface area contributed by atoms with E-state index in [1.54, 1.807) is 18.2 Å². The molecule has 0 aliphatic rings. The standard InChI is InChI=1S/C18H23F2N3O4/c1-3-21-18(23-11-14(24)16-5-4-8-26-16)22-10-12-9-13(25-2)6-7-15(12)27-17(19)20/h4-9,14,17,24H,3,10-11H2,1-2H3,(H2,21,22,23). The van der Waals surface area contributed by atoms with Crippen molar-refractivity contribution in [3.05, 3.63) is 47.9 Å². The lowest BCUT2D eigenvalue weighted by atomic mass is 10.2. The summed E-state index contributed by atoms with van der Waals surface area (Å²) in [6.07, 6.45) is 0.629. The van der Waals surface area contributed by atoms with Crippen molar-refractivity contribution >= 4 is 5.96 Å². The SMILES string of the molecule is CCNC(=NCc1cc(OC)ccc1OC(F)F)NCC(O)c1ccco1. The van der Waals surface area contributed by atoms with Crippen LogP contribution >= 0.6 is 0 Å². The molecular weight excluding hydrogens is 360 g/mol. The first kappa shape index (κ1) is 20.5. The van der Waals surface area contributed by atoms with Crippen LogP contribution in [-0.4, -0.2) is 37.9 Å². The molecule has 0 aliphatic carbocycles. The maximum atomic E-state index is 12.6. The summed E-state index contributed by atoms with van der Waals surface area (Å²) in [4.78, 5) is 4.35. The van der Waals surface area contributed by atoms with Crippen LogP contribution in [0.25, 0.3) is 0 Å². The van der Waals surface area contributed by atoms with Gasteiger partial charge in [-0.1, -0.05) is 0 Å². The van der Waals surface area contributed by atoms with Crippen molar-refractivity contribution in [2.24, 2.45) is 4.99 Å². The normalized spacial score (nSPS) is 12.7. The second-order valence-corrected chi connectivity index (χ2v) is 5.46. The van der Waals surface area contributed by atoms with Gasteiger partial charge in [0.25, 0.3) is 0 Å². The molecule has 9 heteroatoms. The lowest BCUT2D eigenvalue weighted by Gasteiger charge is -2.15. The lowest BCUT2D eigenvalue weighted by Crippen LogP contribution is -2.39. The lowest BCUT2D eigenvalue weighted by molar-refractivity contribution is -0.0504. The third-order valence-electron chi connectivity index (χ3n) is 3.57. The molecule has 1 atom stereocenters. The Bertz CT molecular complexity index is 723. The molecule has 2 rings (SSSR count). The number of hydrogen-bond donors (Lipinski definition) is 3. The zero-order valence-electron chi connectivity index (χ0n) is 15.1. The molecule has 7 nitrogen and oxygen atoms in total. The average molecular weight is 383 g/mol. The second-order valence-electron chi connectivity index (χ2n) is 5.46. The van der Waals surface area contributed by atoms with Gasteiger partial charge in [0.1, 0.15) is 23.4 Å². The third-order valence-corrected chi connectivity index (χ3v) is 3.57. The van der Waals surface area contributed by atoms with Gasteiger partial charge in [0.05, 0.1) is 26.5 Å². The minimum Gasteiger partial charge on any atom is -0.497 e. The number of furan rings is 1. The fourth-order valence-electron chi connectivity index (χ4n) is 2.30. The van der Waals surface area contributed by atoms with Crippen molar-refractivity contribution in [3.63, 3.8) is 0 Å². The van der Waals surface area contributed by atoms with Gasteiger partial charge in [-0.25, -0.2) is 4.99 Å². The zero-order chi connectivity index (χ0) is 19.6. The summed E-state index contributed by atoms with van der Waals surface area (Å²) in [6.45, 7) is -0.224. The van der Waals surface area contributed by atoms with Crippen LogP contribution in [-0.2, 0) is 6.54 Å². The predicted molar refractivity (Wildman–Crippen MR) is 96.1 cm³/mol. The number of aliphatic hydroxyl groups excluding tert-OH is 1. The quantitative estimate of drug-likeness (QED) is 0.456. The number of ether oxygens (including phenoxy) is 2. The first-order chi connectivity index (χ1) is 13.0. The van der Waals surface area contributed by atoms with E-state index >= 15 is 0 Å². The Morgan fingerprint density at radius 1 is 1.30 bits per heavy atom. The number of aliphatic hydroxyl groups is 1. The van der Waals surface area contributed by atoms with Gasteiger partial charge < -0.3 is 29.6 Å². The average Bonchev–Trinajstić information content (AvgIpc) is 3.19. The van der Waals surface area contributed by atoms with Crippen LogP contribution in [0.2, 0.25) is 0 Å². The molecule has 2 aromatic rings. The van der Waals surface area contributed by atoms with Gasteiger partial charge in [0.15, 0.2) is 5.96 Å². The Balaban J connectivity index is 2.08. The number of nitrogens with one attached hydrogen (secondary N) is 2. The summed E-state index contributed by atoms with van der Waals surface area (Å²) in [5.41, 5.74) is 0.443. The first-order valence-corrected chi connectivity index (χ1v) is 8.38. The van der Waals surface area contributed by atoms with Crippen molar-refractivity contribution in [2.75, 3.05) is 20.2 Å². The monoisotopic (exact) mass is 383 g/mol. The molecule has 1 aromatic heterocycles. The number of aliphatic imine (C=N–C) groups is 1. The Hall–Kier alpha value is -2.81. The van der Waals surface area contributed by atoms with Gasteiger partial charge in [-0.3, -0.25) is 0 Å². The molecule has 1 aromatic carbocycles. The molecule has 0 fully saturated rings. The minimum atomic E-state index is -2.93. The number of halogens is 2. The minimum absolute atomic E-state index is 0.0287. The molecule has 0 amide bonds. The number of alkyl halides is 2. The Morgan fingerprint density at radius 3 is 2.74 bits per heavy atom. The van der Waals surface area contributed by atoms with E-state index in [-0.39, 0.29) is 18.8 Å². The second kappa shape index (κ2) is 10.4. The number of benzene rings is 1. The Labute approximate surface area is 156 Å². The van der Waals surface area contributed by atoms with Crippen LogP contribution in [0.3, 0.4) is 0 Å². The molecule has 0 aliphatic heterocycles. The summed E-state index contributed by atoms with van der Waals surface area (Å²) in [5, 5.41) is 16.1. The molecule has 148 valence electrons. The largest absolute Gasteiger partial charge is 0.497 e. The molecule has 1 unspecified atom stereocenters. The van der Waals surface area contributed by atoms with Crippen molar-refractivity contribution in [1.29, 1.82) is 0 Å². The number of hydrogen-bond acceptors (Lipinski definition) is 5. The summed E-state index contributed by atoms with van der Waals surface area (Å²) < 4.78 is 40.0. The predicted octanol–water partition coefficient (Wildman–Crippen LogP) is 2.68. The van der Waals surface area contributed by atoms with Crippen LogP contribution in [0, 0.1) is 0 Å². The van der Waals surface area contributed by atoms with Gasteiger partial charge in [0, 0.05) is 12.1 Å². The molecule has 0 saturated carbocycles. The smallest absolute Gasteiger partial charge is 0.387 e. The highest BCUT2D eigenvalue weighted by atomic mass is 19.3. The molecule has 1 heterocycles. The van der Waals surface area contributed by atoms with Crippen molar-refractivity contribution in [1.82, 2.24) is 10.6 Å². The highest BCUT2D eigenvalue weighted by Gasteiger charge is 2.13. The van der Waals surface area contributed by atoms with Gasteiger partial charge >= 0.3 is 6.61 Å². The zero-order valence-corrected chi connectivity index (χ0v) is 15.1. The molecule has 0 radical (unpaired) electrons. The van der Waals surface area contributed by atoms with Crippen LogP contribution in [0.5, 0.6) is 11.5 Å². The Kier molecular flexibility index (Phi) is 7.87. The van der Waals surface area contributed by atoms with Gasteiger partial charge in [-0.05, 0) is 37.3 Å². The van der Waals surface area contributed by atoms with E-state index in [0.717, 1.165) is 0 Å². The summed E-state index contributed by atoms with van der Waals surface area (Å²) in [6, 6.07) is 7.89. The van der Waals surface area contributed by atoms with E-state index in [4.69, 9.17) is 9.15 Å². The van der Waals surface area contributed by atoms with Gasteiger partial charge in [-0.2, -0.15) is 8.78 Å². The van der Waals surface area contributed by atoms with Crippen molar-refractivity contribution in [2.45, 2.75) is 26.2 Å². The molecule has 0 spiro atoms. The Morgan fingerprint density at radius 2 is 2.11 bits per heavy atom. The van der Waals surface area contributed by atoms with Gasteiger partial charge in [0.2, 0.25) is 0 Å². The van der Waals surface area contributed by atoms with Crippen molar-refractivity contribution in [3.8, 4) is 11.5 Å². The fraction of sp³-hybridized carbons (Fsp3) is 0.389. The van der Waals surface area contributed by atoms with E-state index in [2.05, 4.69) is 20.4 Å². The number of guanidine groups is 1. The van der Waals surface area contributed by atoms with E-state index < -0.39 is 12.7 Å². The van der Waals surface area contributed by atoms with Crippen LogP contribution in [0.15, 0.2) is 46.0 Å². The molecule has 0 saturated heterocycles. The number of methoxy groups -OCH3 is 1. The fourth-order valence-corrected chi connectivity index (χ4v) is 2.30. The highest BCUT2D eigenvalue weighted by Crippen LogP contribution is 2.26. The number of rotatable bonds is 9. The molecular formula is C18H23F2N3O4. The van der Waals surface area contributed by atoms with Crippen molar-refractivity contribution < 1.29 is 27.8 Å². The number of nitrogens with zero attached hydrogens (tertiary/aromatic N) is 1. The first-order valence-electron chi connectivity index (χ1n) is 8.38. The maximum absolute atomic E-state index is 12.6. The summed E-state index contributed by atoms with van der Waals surface area (Å²) >= 11 is 0. The highest BCUT2D eigenvalue weighted by molar-refractivity contribution is 5.79. The maximum Gasteiger partial charge on any atom is 0.387 e. The van der Waals surface area contributed by atoms with Crippen LogP contribution < -0.4 is 20.1 Å². The van der Waals surface area contributed by atoms with E-state index in [1.165, 1.54) is 25.5 Å². The third kappa shape index (κ3) is 6.45. The summed E-state index contributed by atoms with van der Waals surface area (Å²) in [7, 11) is 1.48. The van der Waals surface area contributed by atoms with Crippen LogP contribution in [0.4, 0.5) is 8.78 Å².